The summed E-state index contributed by atoms with van der Waals surface area (Å²) in [7, 11) is 0. The van der Waals surface area contributed by atoms with Crippen LogP contribution in [0.3, 0.4) is 0 Å². The minimum absolute atomic E-state index is 0.0612. The normalized spacial score (nSPS) is 19.2. The number of rotatable bonds is 5. The molecule has 0 aromatic heterocycles. The summed E-state index contributed by atoms with van der Waals surface area (Å²) < 4.78 is 0. The predicted molar refractivity (Wildman–Crippen MR) is 123 cm³/mol. The van der Waals surface area contributed by atoms with Gasteiger partial charge in [-0.05, 0) is 56.0 Å². The third kappa shape index (κ3) is 4.14. The maximum Gasteiger partial charge on any atom is 0.250 e. The number of benzene rings is 2. The Morgan fingerprint density at radius 3 is 2.35 bits per heavy atom. The van der Waals surface area contributed by atoms with E-state index in [0.717, 1.165) is 11.3 Å². The van der Waals surface area contributed by atoms with Gasteiger partial charge in [-0.25, -0.2) is 0 Å². The van der Waals surface area contributed by atoms with Crippen LogP contribution in [0.1, 0.15) is 25.3 Å². The van der Waals surface area contributed by atoms with E-state index in [9.17, 15) is 9.59 Å². The van der Waals surface area contributed by atoms with Gasteiger partial charge >= 0.3 is 0 Å². The lowest BCUT2D eigenvalue weighted by Crippen LogP contribution is -2.59. The van der Waals surface area contributed by atoms with Crippen LogP contribution in [0.2, 0.25) is 5.02 Å². The van der Waals surface area contributed by atoms with Crippen LogP contribution in [0.4, 0.5) is 5.69 Å². The van der Waals surface area contributed by atoms with Gasteiger partial charge in [0, 0.05) is 30.3 Å². The summed E-state index contributed by atoms with van der Waals surface area (Å²) >= 11 is 5.94. The molecule has 2 N–H and O–H groups in total. The highest BCUT2D eigenvalue weighted by atomic mass is 35.5. The van der Waals surface area contributed by atoms with Crippen molar-refractivity contribution in [3.8, 4) is 0 Å². The average molecular weight is 441 g/mol. The zero-order valence-electron chi connectivity index (χ0n) is 17.8. The Morgan fingerprint density at radius 2 is 1.74 bits per heavy atom. The van der Waals surface area contributed by atoms with Gasteiger partial charge in [-0.2, -0.15) is 0 Å². The largest absolute Gasteiger partial charge is 0.341 e. The molecular weight excluding hydrogens is 412 g/mol. The molecule has 7 heteroatoms. The lowest BCUT2D eigenvalue weighted by atomic mass is 9.85. The third-order valence-electron chi connectivity index (χ3n) is 6.55. The quantitative estimate of drug-likeness (QED) is 0.776. The van der Waals surface area contributed by atoms with Gasteiger partial charge in [0.25, 0.3) is 0 Å². The first-order valence-corrected chi connectivity index (χ1v) is 11.2. The van der Waals surface area contributed by atoms with Crippen LogP contribution in [0, 0.1) is 0 Å². The minimum atomic E-state index is -0.605. The number of carbonyl (C=O) groups is 2. The Balaban J connectivity index is 1.46. The maximum absolute atomic E-state index is 13.3. The number of likely N-dealkylation sites (N-methyl/N-ethyl adjacent to an activating group) is 1. The molecule has 31 heavy (non-hydrogen) atoms. The number of para-hydroxylation sites is 1. The van der Waals surface area contributed by atoms with E-state index in [1.807, 2.05) is 71.3 Å². The number of halogens is 1. The fourth-order valence-corrected chi connectivity index (χ4v) is 4.86. The summed E-state index contributed by atoms with van der Waals surface area (Å²) in [6, 6.07) is 16.9. The van der Waals surface area contributed by atoms with Crippen molar-refractivity contribution < 1.29 is 9.59 Å². The zero-order chi connectivity index (χ0) is 22.0. The first-order valence-electron chi connectivity index (χ1n) is 10.9. The van der Waals surface area contributed by atoms with Crippen LogP contribution >= 0.6 is 11.6 Å². The van der Waals surface area contributed by atoms with Crippen LogP contribution in [0.25, 0.3) is 0 Å². The molecule has 0 radical (unpaired) electrons. The number of hydrogen-bond acceptors (Lipinski definition) is 4. The first kappa shape index (κ1) is 21.7. The SMILES string of the molecule is CCN1CN(c2ccccc2)C2(CCN(C(=O)[C@H](N)Cc3ccc(Cl)cc3)CC2)C1=O. The number of nitrogens with two attached hydrogens (primary N) is 1. The van der Waals surface area contributed by atoms with E-state index in [0.29, 0.717) is 50.6 Å². The van der Waals surface area contributed by atoms with Gasteiger partial charge < -0.3 is 20.4 Å². The molecule has 0 unspecified atom stereocenters. The monoisotopic (exact) mass is 440 g/mol. The Labute approximate surface area is 188 Å². The van der Waals surface area contributed by atoms with E-state index in [-0.39, 0.29) is 11.8 Å². The van der Waals surface area contributed by atoms with E-state index in [1.54, 1.807) is 0 Å². The van der Waals surface area contributed by atoms with E-state index >= 15 is 0 Å². The molecule has 2 aromatic rings. The summed E-state index contributed by atoms with van der Waals surface area (Å²) in [6.07, 6.45) is 1.68. The lowest BCUT2D eigenvalue weighted by Gasteiger charge is -2.43. The second kappa shape index (κ2) is 8.89. The number of anilines is 1. The van der Waals surface area contributed by atoms with Crippen molar-refractivity contribution in [2.45, 2.75) is 37.8 Å². The second-order valence-electron chi connectivity index (χ2n) is 8.36. The number of nitrogens with zero attached hydrogens (tertiary/aromatic N) is 3. The second-order valence-corrected chi connectivity index (χ2v) is 8.80. The Kier molecular flexibility index (Phi) is 6.21. The topological polar surface area (TPSA) is 69.9 Å². The van der Waals surface area contributed by atoms with Crippen molar-refractivity contribution in [3.63, 3.8) is 0 Å². The molecule has 0 bridgehead atoms. The highest BCUT2D eigenvalue weighted by Crippen LogP contribution is 2.39. The van der Waals surface area contributed by atoms with Crippen LogP contribution < -0.4 is 10.6 Å². The van der Waals surface area contributed by atoms with Gasteiger partial charge in [-0.3, -0.25) is 9.59 Å². The number of carbonyl (C=O) groups excluding carboxylic acids is 2. The first-order chi connectivity index (χ1) is 14.9. The zero-order valence-corrected chi connectivity index (χ0v) is 18.6. The van der Waals surface area contributed by atoms with E-state index in [2.05, 4.69) is 4.90 Å². The fraction of sp³-hybridized carbons (Fsp3) is 0.417. The Hall–Kier alpha value is -2.57. The molecule has 2 aliphatic heterocycles. The fourth-order valence-electron chi connectivity index (χ4n) is 4.74. The molecule has 2 fully saturated rings. The smallest absolute Gasteiger partial charge is 0.250 e. The standard InChI is InChI=1S/C24H29ClN4O2/c1-2-27-17-29(20-6-4-3-5-7-20)24(23(27)31)12-14-28(15-13-24)22(30)21(26)16-18-8-10-19(25)11-9-18/h3-11,21H,2,12-17,26H2,1H3/t21-/m1/s1. The number of piperidine rings is 1. The third-order valence-corrected chi connectivity index (χ3v) is 6.80. The molecule has 2 amide bonds. The lowest BCUT2D eigenvalue weighted by molar-refractivity contribution is -0.139. The van der Waals surface area contributed by atoms with Crippen molar-refractivity contribution in [1.29, 1.82) is 0 Å². The van der Waals surface area contributed by atoms with Crippen molar-refractivity contribution in [2.24, 2.45) is 5.73 Å². The molecular formula is C24H29ClN4O2. The molecule has 164 valence electrons. The van der Waals surface area contributed by atoms with Gasteiger partial charge in [0.15, 0.2) is 0 Å². The molecule has 1 spiro atoms. The molecule has 2 aliphatic rings. The summed E-state index contributed by atoms with van der Waals surface area (Å²) in [5.41, 5.74) is 7.69. The molecule has 1 atom stereocenters. The molecule has 0 saturated carbocycles. The van der Waals surface area contributed by atoms with Gasteiger partial charge in [-0.1, -0.05) is 41.9 Å². The Morgan fingerprint density at radius 1 is 1.10 bits per heavy atom. The predicted octanol–water partition coefficient (Wildman–Crippen LogP) is 2.90. The number of likely N-dealkylation sites (tertiary alicyclic amines) is 1. The molecule has 2 aromatic carbocycles. The van der Waals surface area contributed by atoms with Gasteiger partial charge in [-0.15, -0.1) is 0 Å². The van der Waals surface area contributed by atoms with Crippen LogP contribution in [0.15, 0.2) is 54.6 Å². The van der Waals surface area contributed by atoms with Gasteiger partial charge in [0.05, 0.1) is 12.7 Å². The van der Waals surface area contributed by atoms with Crippen molar-refractivity contribution in [1.82, 2.24) is 9.80 Å². The molecule has 6 nitrogen and oxygen atoms in total. The summed E-state index contributed by atoms with van der Waals surface area (Å²) in [6.45, 7) is 4.33. The minimum Gasteiger partial charge on any atom is -0.341 e. The van der Waals surface area contributed by atoms with Crippen molar-refractivity contribution >= 4 is 29.1 Å². The maximum atomic E-state index is 13.3. The van der Waals surface area contributed by atoms with Gasteiger partial charge in [0.2, 0.25) is 11.8 Å². The highest BCUT2D eigenvalue weighted by Gasteiger charge is 2.53. The van der Waals surface area contributed by atoms with Crippen molar-refractivity contribution in [2.75, 3.05) is 31.2 Å². The average Bonchev–Trinajstić information content (AvgIpc) is 3.07. The van der Waals surface area contributed by atoms with E-state index in [4.69, 9.17) is 17.3 Å². The molecule has 0 aliphatic carbocycles. The van der Waals surface area contributed by atoms with Gasteiger partial charge in [0.1, 0.15) is 5.54 Å². The highest BCUT2D eigenvalue weighted by molar-refractivity contribution is 6.30. The van der Waals surface area contributed by atoms with Crippen molar-refractivity contribution in [3.05, 3.63) is 65.2 Å². The van der Waals surface area contributed by atoms with Crippen LogP contribution in [0.5, 0.6) is 0 Å². The summed E-state index contributed by atoms with van der Waals surface area (Å²) in [5, 5.41) is 0.662. The number of hydrogen-bond donors (Lipinski definition) is 1. The van der Waals surface area contributed by atoms with E-state index < -0.39 is 11.6 Å². The summed E-state index contributed by atoms with van der Waals surface area (Å²) in [4.78, 5) is 32.2. The molecule has 2 saturated heterocycles. The molecule has 4 rings (SSSR count). The van der Waals surface area contributed by atoms with Crippen LogP contribution in [-0.2, 0) is 16.0 Å². The van der Waals surface area contributed by atoms with Crippen LogP contribution in [-0.4, -0.2) is 59.5 Å². The number of amides is 2. The van der Waals surface area contributed by atoms with E-state index in [1.165, 1.54) is 0 Å². The molecule has 2 heterocycles. The summed E-state index contributed by atoms with van der Waals surface area (Å²) in [5.74, 6) is 0.102. The Bertz CT molecular complexity index is 926.